The van der Waals surface area contributed by atoms with Crippen molar-refractivity contribution in [2.45, 2.75) is 125 Å². The van der Waals surface area contributed by atoms with Crippen LogP contribution in [0.3, 0.4) is 0 Å². The Balaban J connectivity index is 1.47. The van der Waals surface area contributed by atoms with Crippen molar-refractivity contribution in [3.63, 3.8) is 0 Å². The van der Waals surface area contributed by atoms with Crippen molar-refractivity contribution in [2.24, 2.45) is 16.7 Å². The third-order valence-corrected chi connectivity index (χ3v) is 10.1. The van der Waals surface area contributed by atoms with Crippen molar-refractivity contribution in [1.82, 2.24) is 20.5 Å². The molecule has 3 amide bonds. The second kappa shape index (κ2) is 16.1. The van der Waals surface area contributed by atoms with Gasteiger partial charge in [-0.3, -0.25) is 14.4 Å². The third-order valence-electron chi connectivity index (χ3n) is 9.19. The minimum absolute atomic E-state index is 0.0279. The van der Waals surface area contributed by atoms with Gasteiger partial charge in [-0.25, -0.2) is 4.98 Å². The standard InChI is InChI=1S/C37H56N4O5S/c1-9-10-11-12-25(4)46-28-18-30(41(20-28)34(43)32(36(5,6)7)40-35(44)37(8)21-45-22-37)33(42)38-19-26-13-15-27(16-14-26)31-29(17-24(2)3)39-23-47-31/h13-16,23-25,28,30,32H,9-12,17-22H2,1-8H3,(H,38,42)(H,40,44). The molecule has 9 nitrogen and oxygen atoms in total. The minimum atomic E-state index is -0.802. The van der Waals surface area contributed by atoms with Crippen molar-refractivity contribution in [3.05, 3.63) is 41.0 Å². The molecule has 4 rings (SSSR count). The van der Waals surface area contributed by atoms with E-state index in [1.165, 1.54) is 4.88 Å². The van der Waals surface area contributed by atoms with Crippen LogP contribution in [0.2, 0.25) is 0 Å². The number of rotatable bonds is 15. The zero-order valence-electron chi connectivity index (χ0n) is 29.7. The van der Waals surface area contributed by atoms with Crippen LogP contribution in [0.5, 0.6) is 0 Å². The fraction of sp³-hybridized carbons (Fsp3) is 0.676. The molecule has 0 aliphatic carbocycles. The highest BCUT2D eigenvalue weighted by Gasteiger charge is 2.48. The Morgan fingerprint density at radius 1 is 1.13 bits per heavy atom. The number of nitrogens with one attached hydrogen (secondary N) is 2. The Kier molecular flexibility index (Phi) is 12.6. The minimum Gasteiger partial charge on any atom is -0.379 e. The van der Waals surface area contributed by atoms with Gasteiger partial charge in [-0.05, 0) is 49.1 Å². The summed E-state index contributed by atoms with van der Waals surface area (Å²) in [6.45, 7) is 17.6. The first-order valence-corrected chi connectivity index (χ1v) is 18.2. The van der Waals surface area contributed by atoms with Gasteiger partial charge >= 0.3 is 0 Å². The molecule has 2 aliphatic heterocycles. The molecule has 10 heteroatoms. The van der Waals surface area contributed by atoms with Crippen LogP contribution in [-0.2, 0) is 36.8 Å². The highest BCUT2D eigenvalue weighted by Crippen LogP contribution is 2.32. The predicted octanol–water partition coefficient (Wildman–Crippen LogP) is 6.15. The molecule has 3 heterocycles. The summed E-state index contributed by atoms with van der Waals surface area (Å²) in [6, 6.07) is 6.73. The van der Waals surface area contributed by atoms with E-state index >= 15 is 0 Å². The first-order valence-electron chi connectivity index (χ1n) is 17.4. The van der Waals surface area contributed by atoms with Gasteiger partial charge in [0.2, 0.25) is 17.7 Å². The lowest BCUT2D eigenvalue weighted by Gasteiger charge is -2.40. The van der Waals surface area contributed by atoms with Crippen LogP contribution < -0.4 is 10.6 Å². The topological polar surface area (TPSA) is 110 Å². The Bertz CT molecular complexity index is 1350. The van der Waals surface area contributed by atoms with Gasteiger partial charge in [-0.1, -0.05) is 85.1 Å². The fourth-order valence-electron chi connectivity index (χ4n) is 6.24. The van der Waals surface area contributed by atoms with Gasteiger partial charge in [0.15, 0.2) is 0 Å². The molecule has 4 unspecified atom stereocenters. The van der Waals surface area contributed by atoms with E-state index in [4.69, 9.17) is 9.47 Å². The molecular weight excluding hydrogens is 612 g/mol. The van der Waals surface area contributed by atoms with E-state index in [0.29, 0.717) is 38.6 Å². The zero-order chi connectivity index (χ0) is 34.4. The molecule has 47 heavy (non-hydrogen) atoms. The van der Waals surface area contributed by atoms with Crippen LogP contribution >= 0.6 is 11.3 Å². The number of hydrogen-bond donors (Lipinski definition) is 2. The van der Waals surface area contributed by atoms with Gasteiger partial charge in [0.05, 0.1) is 46.9 Å². The SMILES string of the molecule is CCCCCC(C)OC1CC(C(=O)NCc2ccc(-c3scnc3CC(C)C)cc2)N(C(=O)C(NC(=O)C2(C)COC2)C(C)(C)C)C1. The number of likely N-dealkylation sites (tertiary alicyclic amines) is 1. The number of benzene rings is 1. The summed E-state index contributed by atoms with van der Waals surface area (Å²) in [7, 11) is 0. The maximum Gasteiger partial charge on any atom is 0.246 e. The normalized spacial score (nSPS) is 20.5. The maximum absolute atomic E-state index is 14.3. The molecule has 260 valence electrons. The van der Waals surface area contributed by atoms with Gasteiger partial charge in [-0.2, -0.15) is 0 Å². The summed E-state index contributed by atoms with van der Waals surface area (Å²) in [4.78, 5) is 48.7. The predicted molar refractivity (Wildman–Crippen MR) is 187 cm³/mol. The summed E-state index contributed by atoms with van der Waals surface area (Å²) in [5, 5.41) is 6.12. The molecule has 1 aromatic carbocycles. The lowest BCUT2D eigenvalue weighted by atomic mass is 9.82. The van der Waals surface area contributed by atoms with Crippen LogP contribution in [0, 0.1) is 16.7 Å². The lowest BCUT2D eigenvalue weighted by molar-refractivity contribution is -0.161. The second-order valence-electron chi connectivity index (χ2n) is 15.3. The number of amides is 3. The monoisotopic (exact) mass is 668 g/mol. The largest absolute Gasteiger partial charge is 0.379 e. The molecule has 2 saturated heterocycles. The Morgan fingerprint density at radius 2 is 1.83 bits per heavy atom. The maximum atomic E-state index is 14.3. The third kappa shape index (κ3) is 9.63. The van der Waals surface area contributed by atoms with Crippen LogP contribution in [-0.4, -0.2) is 71.7 Å². The van der Waals surface area contributed by atoms with Crippen LogP contribution in [0.25, 0.3) is 10.4 Å². The smallest absolute Gasteiger partial charge is 0.246 e. The fourth-order valence-corrected chi connectivity index (χ4v) is 7.07. The second-order valence-corrected chi connectivity index (χ2v) is 16.1. The van der Waals surface area contributed by atoms with Gasteiger partial charge in [-0.15, -0.1) is 11.3 Å². The average molecular weight is 669 g/mol. The molecule has 0 spiro atoms. The number of thiazole rings is 1. The van der Waals surface area contributed by atoms with Crippen molar-refractivity contribution < 1.29 is 23.9 Å². The summed E-state index contributed by atoms with van der Waals surface area (Å²) in [5.74, 6) is -0.150. The van der Waals surface area contributed by atoms with Crippen molar-refractivity contribution >= 4 is 29.1 Å². The molecular formula is C37H56N4O5S. The number of ether oxygens (including phenoxy) is 2. The lowest BCUT2D eigenvalue weighted by Crippen LogP contribution is -2.62. The molecule has 2 N–H and O–H groups in total. The van der Waals surface area contributed by atoms with E-state index in [-0.39, 0.29) is 29.9 Å². The van der Waals surface area contributed by atoms with Crippen molar-refractivity contribution in [3.8, 4) is 10.4 Å². The molecule has 4 atom stereocenters. The molecule has 2 fully saturated rings. The van der Waals surface area contributed by atoms with E-state index in [0.717, 1.165) is 48.9 Å². The van der Waals surface area contributed by atoms with Gasteiger partial charge < -0.3 is 25.0 Å². The summed E-state index contributed by atoms with van der Waals surface area (Å²) in [6.07, 6.45) is 5.41. The number of unbranched alkanes of at least 4 members (excludes halogenated alkanes) is 2. The summed E-state index contributed by atoms with van der Waals surface area (Å²) >= 11 is 1.65. The van der Waals surface area contributed by atoms with Crippen LogP contribution in [0.4, 0.5) is 0 Å². The highest BCUT2D eigenvalue weighted by molar-refractivity contribution is 7.13. The quantitative estimate of drug-likeness (QED) is 0.221. The molecule has 2 aliphatic rings. The molecule has 0 bridgehead atoms. The Labute approximate surface area is 285 Å². The molecule has 1 aromatic heterocycles. The molecule has 0 radical (unpaired) electrons. The zero-order valence-corrected chi connectivity index (χ0v) is 30.5. The highest BCUT2D eigenvalue weighted by atomic mass is 32.1. The first kappa shape index (κ1) is 37.0. The number of nitrogens with zero attached hydrogens (tertiary/aromatic N) is 2. The van der Waals surface area contributed by atoms with Crippen LogP contribution in [0.15, 0.2) is 29.8 Å². The van der Waals surface area contributed by atoms with E-state index in [9.17, 15) is 14.4 Å². The number of carbonyl (C=O) groups is 3. The van der Waals surface area contributed by atoms with Crippen molar-refractivity contribution in [2.75, 3.05) is 19.8 Å². The van der Waals surface area contributed by atoms with E-state index in [2.05, 4.69) is 55.4 Å². The number of carbonyl (C=O) groups excluding carboxylic acids is 3. The first-order chi connectivity index (χ1) is 22.2. The van der Waals surface area contributed by atoms with Gasteiger partial charge in [0.25, 0.3) is 0 Å². The number of aromatic nitrogens is 1. The average Bonchev–Trinajstić information content (AvgIpc) is 3.63. The molecule has 2 aromatic rings. The van der Waals surface area contributed by atoms with E-state index in [1.807, 2.05) is 45.3 Å². The van der Waals surface area contributed by atoms with Gasteiger partial charge in [0, 0.05) is 19.5 Å². The Hall–Kier alpha value is -2.82. The van der Waals surface area contributed by atoms with E-state index in [1.54, 1.807) is 16.2 Å². The Morgan fingerprint density at radius 3 is 2.43 bits per heavy atom. The molecule has 0 saturated carbocycles. The van der Waals surface area contributed by atoms with Crippen LogP contribution in [0.1, 0.15) is 98.8 Å². The summed E-state index contributed by atoms with van der Waals surface area (Å²) < 4.78 is 11.7. The van der Waals surface area contributed by atoms with Gasteiger partial charge in [0.1, 0.15) is 12.1 Å². The van der Waals surface area contributed by atoms with Crippen molar-refractivity contribution in [1.29, 1.82) is 0 Å². The summed E-state index contributed by atoms with van der Waals surface area (Å²) in [5.41, 5.74) is 3.88. The van der Waals surface area contributed by atoms with E-state index < -0.39 is 22.9 Å². The number of hydrogen-bond acceptors (Lipinski definition) is 7.